The molecule has 5 heteroatoms. The molecule has 0 atom stereocenters. The lowest BCUT2D eigenvalue weighted by Gasteiger charge is -2.07. The summed E-state index contributed by atoms with van der Waals surface area (Å²) in [7, 11) is 0. The van der Waals surface area contributed by atoms with E-state index in [1.54, 1.807) is 36.4 Å². The molecule has 0 aromatic heterocycles. The lowest BCUT2D eigenvalue weighted by atomic mass is 10.3. The number of phenolic OH excluding ortho intramolecular Hbond substituents is 2. The molecule has 0 unspecified atom stereocenters. The first-order valence-electron chi connectivity index (χ1n) is 4.71. The second kappa shape index (κ2) is 5.30. The average Bonchev–Trinajstić information content (AvgIpc) is 2.29. The molecule has 0 aliphatic carbocycles. The molecule has 2 rings (SSSR count). The third-order valence-electron chi connectivity index (χ3n) is 2.07. The molecule has 17 heavy (non-hydrogen) atoms. The van der Waals surface area contributed by atoms with E-state index < -0.39 is 0 Å². The molecular weight excluding hydrogens is 446 g/mol. The lowest BCUT2D eigenvalue weighted by molar-refractivity contribution is 0.455. The van der Waals surface area contributed by atoms with Gasteiger partial charge in [0.25, 0.3) is 0 Å². The summed E-state index contributed by atoms with van der Waals surface area (Å²) < 4.78 is 7.08. The molecule has 0 heterocycles. The maximum atomic E-state index is 9.39. The summed E-state index contributed by atoms with van der Waals surface area (Å²) >= 11 is 4.07. The van der Waals surface area contributed by atoms with Crippen LogP contribution >= 0.6 is 45.2 Å². The minimum Gasteiger partial charge on any atom is -0.507 e. The molecule has 3 nitrogen and oxygen atoms in total. The van der Waals surface area contributed by atoms with Crippen LogP contribution in [0.4, 0.5) is 0 Å². The molecule has 88 valence electrons. The van der Waals surface area contributed by atoms with Crippen LogP contribution in [-0.4, -0.2) is 10.2 Å². The number of phenols is 2. The highest BCUT2D eigenvalue weighted by Gasteiger charge is 2.04. The molecule has 0 fully saturated rings. The van der Waals surface area contributed by atoms with Crippen LogP contribution in [0, 0.1) is 7.14 Å². The summed E-state index contributed by atoms with van der Waals surface area (Å²) in [5, 5.41) is 18.8. The predicted octanol–water partition coefficient (Wildman–Crippen LogP) is 4.10. The molecule has 0 saturated carbocycles. The molecule has 0 aliphatic heterocycles. The summed E-state index contributed by atoms with van der Waals surface area (Å²) in [5.74, 6) is 1.76. The molecule has 2 N–H and O–H groups in total. The number of aromatic hydroxyl groups is 2. The summed E-state index contributed by atoms with van der Waals surface area (Å²) in [5.41, 5.74) is 0. The number of hydrogen-bond donors (Lipinski definition) is 2. The number of benzene rings is 2. The maximum Gasteiger partial charge on any atom is 0.129 e. The number of halogens is 2. The first-order valence-corrected chi connectivity index (χ1v) is 6.87. The number of ether oxygens (including phenoxy) is 1. The molecule has 0 aliphatic rings. The summed E-state index contributed by atoms with van der Waals surface area (Å²) in [4.78, 5) is 0. The summed E-state index contributed by atoms with van der Waals surface area (Å²) in [6.45, 7) is 0. The van der Waals surface area contributed by atoms with Gasteiger partial charge in [-0.3, -0.25) is 0 Å². The van der Waals surface area contributed by atoms with E-state index in [2.05, 4.69) is 0 Å². The Morgan fingerprint density at radius 2 is 1.18 bits per heavy atom. The molecule has 2 aromatic rings. The van der Waals surface area contributed by atoms with Gasteiger partial charge in [0.15, 0.2) is 0 Å². The van der Waals surface area contributed by atoms with Crippen molar-refractivity contribution in [3.8, 4) is 23.0 Å². The second-order valence-corrected chi connectivity index (χ2v) is 5.65. The van der Waals surface area contributed by atoms with E-state index in [1.165, 1.54) is 0 Å². The molecule has 0 amide bonds. The van der Waals surface area contributed by atoms with Crippen molar-refractivity contribution in [2.24, 2.45) is 0 Å². The second-order valence-electron chi connectivity index (χ2n) is 3.33. The fourth-order valence-electron chi connectivity index (χ4n) is 1.24. The monoisotopic (exact) mass is 454 g/mol. The molecule has 0 bridgehead atoms. The van der Waals surface area contributed by atoms with Crippen molar-refractivity contribution in [3.63, 3.8) is 0 Å². The predicted molar refractivity (Wildman–Crippen MR) is 81.7 cm³/mol. The standard InChI is InChI=1S/C12H8I2O3/c13-9-5-7(1-3-11(9)15)17-8-2-4-12(16)10(14)6-8/h1-6,15-16H. The van der Waals surface area contributed by atoms with Crippen LogP contribution < -0.4 is 4.74 Å². The van der Waals surface area contributed by atoms with E-state index >= 15 is 0 Å². The van der Waals surface area contributed by atoms with Gasteiger partial charge in [0.2, 0.25) is 0 Å². The van der Waals surface area contributed by atoms with Gasteiger partial charge in [-0.05, 0) is 81.6 Å². The van der Waals surface area contributed by atoms with Crippen LogP contribution in [0.2, 0.25) is 0 Å². The van der Waals surface area contributed by atoms with Crippen LogP contribution in [0.1, 0.15) is 0 Å². The third kappa shape index (κ3) is 3.15. The summed E-state index contributed by atoms with van der Waals surface area (Å²) in [6.07, 6.45) is 0. The van der Waals surface area contributed by atoms with Crippen molar-refractivity contribution in [3.05, 3.63) is 43.5 Å². The van der Waals surface area contributed by atoms with Gasteiger partial charge >= 0.3 is 0 Å². The quantitative estimate of drug-likeness (QED) is 0.673. The van der Waals surface area contributed by atoms with E-state index in [0.717, 1.165) is 7.14 Å². The van der Waals surface area contributed by atoms with Crippen molar-refractivity contribution in [1.82, 2.24) is 0 Å². The topological polar surface area (TPSA) is 49.7 Å². The van der Waals surface area contributed by atoms with Gasteiger partial charge in [-0.15, -0.1) is 0 Å². The molecule has 0 saturated heterocycles. The van der Waals surface area contributed by atoms with E-state index in [-0.39, 0.29) is 11.5 Å². The third-order valence-corrected chi connectivity index (χ3v) is 3.80. The van der Waals surface area contributed by atoms with Crippen LogP contribution in [-0.2, 0) is 0 Å². The fraction of sp³-hybridized carbons (Fsp3) is 0. The summed E-state index contributed by atoms with van der Waals surface area (Å²) in [6, 6.07) is 10.0. The maximum absolute atomic E-state index is 9.39. The number of hydrogen-bond acceptors (Lipinski definition) is 3. The highest BCUT2D eigenvalue weighted by molar-refractivity contribution is 14.1. The van der Waals surface area contributed by atoms with Gasteiger partial charge in [-0.25, -0.2) is 0 Å². The largest absolute Gasteiger partial charge is 0.507 e. The Labute approximate surface area is 126 Å². The fourth-order valence-corrected chi connectivity index (χ4v) is 2.21. The van der Waals surface area contributed by atoms with Gasteiger partial charge in [0.1, 0.15) is 23.0 Å². The minimum atomic E-state index is 0.234. The van der Waals surface area contributed by atoms with E-state index in [4.69, 9.17) is 4.74 Å². The van der Waals surface area contributed by atoms with Crippen molar-refractivity contribution in [2.75, 3.05) is 0 Å². The van der Waals surface area contributed by atoms with E-state index in [9.17, 15) is 10.2 Å². The van der Waals surface area contributed by atoms with Gasteiger partial charge in [-0.1, -0.05) is 0 Å². The zero-order valence-electron chi connectivity index (χ0n) is 8.52. The first kappa shape index (κ1) is 12.7. The Hall–Kier alpha value is -0.700. The highest BCUT2D eigenvalue weighted by atomic mass is 127. The van der Waals surface area contributed by atoms with Gasteiger partial charge in [0.05, 0.1) is 7.14 Å². The van der Waals surface area contributed by atoms with Crippen LogP contribution in [0.5, 0.6) is 23.0 Å². The Morgan fingerprint density at radius 3 is 1.53 bits per heavy atom. The number of rotatable bonds is 2. The van der Waals surface area contributed by atoms with Gasteiger partial charge in [0, 0.05) is 0 Å². The van der Waals surface area contributed by atoms with Crippen molar-refractivity contribution in [2.45, 2.75) is 0 Å². The van der Waals surface area contributed by atoms with Crippen molar-refractivity contribution in [1.29, 1.82) is 0 Å². The smallest absolute Gasteiger partial charge is 0.129 e. The zero-order chi connectivity index (χ0) is 12.4. The van der Waals surface area contributed by atoms with Gasteiger partial charge < -0.3 is 14.9 Å². The van der Waals surface area contributed by atoms with Crippen LogP contribution in [0.15, 0.2) is 36.4 Å². The Balaban J connectivity index is 2.25. The lowest BCUT2D eigenvalue weighted by Crippen LogP contribution is -1.86. The molecule has 0 spiro atoms. The normalized spacial score (nSPS) is 10.2. The Kier molecular flexibility index (Phi) is 3.97. The van der Waals surface area contributed by atoms with E-state index in [1.807, 2.05) is 45.2 Å². The average molecular weight is 454 g/mol. The minimum absolute atomic E-state index is 0.234. The first-order chi connectivity index (χ1) is 8.06. The van der Waals surface area contributed by atoms with Crippen molar-refractivity contribution < 1.29 is 14.9 Å². The van der Waals surface area contributed by atoms with Crippen LogP contribution in [0.25, 0.3) is 0 Å². The Bertz CT molecular complexity index is 506. The zero-order valence-corrected chi connectivity index (χ0v) is 12.8. The van der Waals surface area contributed by atoms with E-state index in [0.29, 0.717) is 11.5 Å². The Morgan fingerprint density at radius 1 is 0.765 bits per heavy atom. The molecule has 0 radical (unpaired) electrons. The highest BCUT2D eigenvalue weighted by Crippen LogP contribution is 2.30. The molecular formula is C12H8I2O3. The SMILES string of the molecule is Oc1ccc(Oc2ccc(O)c(I)c2)cc1I. The van der Waals surface area contributed by atoms with Gasteiger partial charge in [-0.2, -0.15) is 0 Å². The van der Waals surface area contributed by atoms with Crippen LogP contribution in [0.3, 0.4) is 0 Å². The van der Waals surface area contributed by atoms with Crippen molar-refractivity contribution >= 4 is 45.2 Å². The molecule has 2 aromatic carbocycles.